The molecule has 10 N–H and O–H groups in total. The second-order valence-electron chi connectivity index (χ2n) is 10.1. The third-order valence-corrected chi connectivity index (χ3v) is 6.50. The fraction of sp³-hybridized carbons (Fsp3) is 0.143. The van der Waals surface area contributed by atoms with Crippen LogP contribution < -0.4 is 27.8 Å². The van der Waals surface area contributed by atoms with Crippen LogP contribution in [0.5, 0.6) is 0 Å². The van der Waals surface area contributed by atoms with E-state index in [9.17, 15) is 19.2 Å². The minimum absolute atomic E-state index is 0.0775. The summed E-state index contributed by atoms with van der Waals surface area (Å²) in [7, 11) is 0. The zero-order valence-electron chi connectivity index (χ0n) is 24.5. The Balaban J connectivity index is 1.46. The maximum absolute atomic E-state index is 12.9. The van der Waals surface area contributed by atoms with Gasteiger partial charge in [-0.25, -0.2) is 19.9 Å². The SMILES string of the molecule is CC(=N)/C=C(\N)C(=O)Nc1nc2cc(C(N)=O)cnc2n1C/C=C/Cn1c(NC(=O)c2cc(C)[nH]n2)nc2cc(C(N)=O)cnc21. The van der Waals surface area contributed by atoms with Gasteiger partial charge in [0.05, 0.1) is 16.8 Å². The Hall–Kier alpha value is -6.72. The number of amides is 4. The highest BCUT2D eigenvalue weighted by Crippen LogP contribution is 2.22. The predicted molar refractivity (Wildman–Crippen MR) is 167 cm³/mol. The number of pyridine rings is 2. The number of primary amides is 2. The average Bonchev–Trinajstić information content (AvgIpc) is 3.68. The van der Waals surface area contributed by atoms with E-state index in [-0.39, 0.29) is 53.2 Å². The molecular formula is C28H28N14O4. The van der Waals surface area contributed by atoms with Gasteiger partial charge in [0.25, 0.3) is 11.8 Å². The summed E-state index contributed by atoms with van der Waals surface area (Å²) in [5, 5.41) is 19.6. The van der Waals surface area contributed by atoms with Crippen LogP contribution in [0.15, 0.2) is 54.5 Å². The van der Waals surface area contributed by atoms with E-state index in [1.165, 1.54) is 37.5 Å². The molecule has 0 bridgehead atoms. The minimum atomic E-state index is -0.697. The van der Waals surface area contributed by atoms with Crippen LogP contribution in [0.3, 0.4) is 0 Å². The quantitative estimate of drug-likeness (QED) is 0.0614. The summed E-state index contributed by atoms with van der Waals surface area (Å²) in [6.45, 7) is 3.54. The van der Waals surface area contributed by atoms with Crippen molar-refractivity contribution in [2.75, 3.05) is 10.6 Å². The number of nitrogens with one attached hydrogen (secondary N) is 4. The Labute approximate surface area is 259 Å². The van der Waals surface area contributed by atoms with E-state index < -0.39 is 23.6 Å². The Bertz CT molecular complexity index is 2120. The van der Waals surface area contributed by atoms with E-state index in [4.69, 9.17) is 22.6 Å². The molecule has 18 heteroatoms. The summed E-state index contributed by atoms with van der Waals surface area (Å²) < 4.78 is 3.19. The van der Waals surface area contributed by atoms with Gasteiger partial charge >= 0.3 is 0 Å². The molecule has 0 saturated heterocycles. The number of anilines is 2. The van der Waals surface area contributed by atoms with Gasteiger partial charge in [0.1, 0.15) is 11.0 Å². The molecule has 0 spiro atoms. The van der Waals surface area contributed by atoms with Gasteiger partial charge in [0.2, 0.25) is 23.7 Å². The zero-order valence-corrected chi connectivity index (χ0v) is 24.5. The molecule has 4 amide bonds. The molecule has 5 rings (SSSR count). The fourth-order valence-electron chi connectivity index (χ4n) is 4.36. The first-order valence-corrected chi connectivity index (χ1v) is 13.6. The number of hydrogen-bond donors (Lipinski definition) is 7. The number of nitrogens with two attached hydrogens (primary N) is 3. The number of aromatic amines is 1. The molecule has 5 heterocycles. The predicted octanol–water partition coefficient (Wildman–Crippen LogP) is 0.735. The number of hydrogen-bond acceptors (Lipinski definition) is 11. The smallest absolute Gasteiger partial charge is 0.278 e. The molecule has 18 nitrogen and oxygen atoms in total. The summed E-state index contributed by atoms with van der Waals surface area (Å²) in [5.41, 5.74) is 18.9. The Morgan fingerprint density at radius 1 is 0.870 bits per heavy atom. The molecule has 0 unspecified atom stereocenters. The first-order chi connectivity index (χ1) is 21.9. The van der Waals surface area contributed by atoms with Crippen LogP contribution in [0, 0.1) is 12.3 Å². The highest BCUT2D eigenvalue weighted by atomic mass is 16.2. The normalized spacial score (nSPS) is 11.7. The third kappa shape index (κ3) is 6.44. The number of fused-ring (bicyclic) bond motifs is 2. The topological polar surface area (TPSA) is 284 Å². The molecule has 46 heavy (non-hydrogen) atoms. The van der Waals surface area contributed by atoms with Crippen LogP contribution >= 0.6 is 0 Å². The minimum Gasteiger partial charge on any atom is -0.394 e. The number of aryl methyl sites for hydroxylation is 1. The van der Waals surface area contributed by atoms with Crippen molar-refractivity contribution in [1.82, 2.24) is 39.3 Å². The Kier molecular flexibility index (Phi) is 8.34. The third-order valence-electron chi connectivity index (χ3n) is 6.50. The number of carbonyl (C=O) groups is 4. The zero-order chi connectivity index (χ0) is 33.1. The lowest BCUT2D eigenvalue weighted by atomic mass is 10.2. The van der Waals surface area contributed by atoms with Crippen molar-refractivity contribution in [3.63, 3.8) is 0 Å². The van der Waals surface area contributed by atoms with Gasteiger partial charge in [-0.15, -0.1) is 0 Å². The van der Waals surface area contributed by atoms with E-state index in [0.29, 0.717) is 28.0 Å². The summed E-state index contributed by atoms with van der Waals surface area (Å²) in [5.74, 6) is -2.37. The number of allylic oxidation sites excluding steroid dienone is 3. The van der Waals surface area contributed by atoms with E-state index >= 15 is 0 Å². The van der Waals surface area contributed by atoms with Gasteiger partial charge in [-0.3, -0.25) is 44.0 Å². The number of imidazole rings is 2. The van der Waals surface area contributed by atoms with Crippen LogP contribution in [-0.2, 0) is 17.9 Å². The number of rotatable bonds is 11. The van der Waals surface area contributed by atoms with Crippen molar-refractivity contribution in [2.24, 2.45) is 17.2 Å². The second-order valence-corrected chi connectivity index (χ2v) is 10.1. The molecule has 5 aromatic rings. The fourth-order valence-corrected chi connectivity index (χ4v) is 4.36. The maximum Gasteiger partial charge on any atom is 0.278 e. The Morgan fingerprint density at radius 2 is 1.39 bits per heavy atom. The number of carbonyl (C=O) groups excluding carboxylic acids is 4. The molecule has 0 aliphatic carbocycles. The lowest BCUT2D eigenvalue weighted by Gasteiger charge is -2.09. The second kappa shape index (κ2) is 12.5. The highest BCUT2D eigenvalue weighted by Gasteiger charge is 2.19. The number of nitrogens with zero attached hydrogens (tertiary/aromatic N) is 7. The summed E-state index contributed by atoms with van der Waals surface area (Å²) in [4.78, 5) is 66.5. The number of aromatic nitrogens is 8. The average molecular weight is 625 g/mol. The molecule has 0 fully saturated rings. The van der Waals surface area contributed by atoms with Gasteiger partial charge in [-0.2, -0.15) is 5.10 Å². The molecule has 0 saturated carbocycles. The van der Waals surface area contributed by atoms with Crippen molar-refractivity contribution >= 4 is 63.6 Å². The lowest BCUT2D eigenvalue weighted by Crippen LogP contribution is -2.23. The van der Waals surface area contributed by atoms with Gasteiger partial charge < -0.3 is 22.6 Å². The van der Waals surface area contributed by atoms with Crippen LogP contribution in [0.4, 0.5) is 11.9 Å². The largest absolute Gasteiger partial charge is 0.394 e. The molecule has 5 aromatic heterocycles. The maximum atomic E-state index is 12.9. The van der Waals surface area contributed by atoms with Crippen LogP contribution in [0.25, 0.3) is 22.3 Å². The van der Waals surface area contributed by atoms with E-state index in [0.717, 1.165) is 0 Å². The van der Waals surface area contributed by atoms with Crippen LogP contribution in [0.2, 0.25) is 0 Å². The molecule has 234 valence electrons. The molecule has 0 radical (unpaired) electrons. The van der Waals surface area contributed by atoms with Crippen molar-refractivity contribution < 1.29 is 19.2 Å². The Morgan fingerprint density at radius 3 is 1.85 bits per heavy atom. The molecular weight excluding hydrogens is 596 g/mol. The number of H-pyrrole nitrogens is 1. The van der Waals surface area contributed by atoms with Crippen molar-refractivity contribution in [3.8, 4) is 0 Å². The summed E-state index contributed by atoms with van der Waals surface area (Å²) in [6, 6.07) is 4.49. The van der Waals surface area contributed by atoms with Crippen molar-refractivity contribution in [1.29, 1.82) is 5.41 Å². The van der Waals surface area contributed by atoms with Crippen LogP contribution in [-0.4, -0.2) is 68.6 Å². The lowest BCUT2D eigenvalue weighted by molar-refractivity contribution is -0.113. The van der Waals surface area contributed by atoms with Gasteiger partial charge in [-0.05, 0) is 38.1 Å². The van der Waals surface area contributed by atoms with E-state index in [1.807, 2.05) is 0 Å². The first-order valence-electron chi connectivity index (χ1n) is 13.6. The molecule has 0 aromatic carbocycles. The van der Waals surface area contributed by atoms with E-state index in [2.05, 4.69) is 40.8 Å². The summed E-state index contributed by atoms with van der Waals surface area (Å²) >= 11 is 0. The molecule has 0 aliphatic heterocycles. The van der Waals surface area contributed by atoms with E-state index in [1.54, 1.807) is 34.3 Å². The monoisotopic (exact) mass is 624 g/mol. The van der Waals surface area contributed by atoms with Gasteiger partial charge in [-0.1, -0.05) is 12.2 Å². The standard InChI is InChI=1S/C28H28N14O4/c1-13(29)7-17(30)25(45)37-27-35-18-9-15(21(31)43)11-33-23(18)41(27)5-3-4-6-42-24-19(10-16(12-34-24)22(32)44)36-28(42)38-26(46)20-8-14(2)39-40-20/h3-4,7-12,29H,5-6,30H2,1-2H3,(H2,31,43)(H2,32,44)(H,39,40)(H,35,37,45)(H,36,38,46)/b4-3+,17-7-,29-13?. The van der Waals surface area contributed by atoms with Crippen LogP contribution in [0.1, 0.15) is 43.8 Å². The summed E-state index contributed by atoms with van der Waals surface area (Å²) in [6.07, 6.45) is 7.30. The molecule has 0 atom stereocenters. The van der Waals surface area contributed by atoms with Crippen molar-refractivity contribution in [3.05, 3.63) is 77.0 Å². The first kappa shape index (κ1) is 30.7. The highest BCUT2D eigenvalue weighted by molar-refractivity contribution is 6.07. The van der Waals surface area contributed by atoms with Gasteiger partial charge in [0.15, 0.2) is 17.0 Å². The molecule has 0 aliphatic rings. The van der Waals surface area contributed by atoms with Crippen molar-refractivity contribution in [2.45, 2.75) is 26.9 Å². The van der Waals surface area contributed by atoms with Gasteiger partial charge in [0, 0.05) is 36.9 Å².